The van der Waals surface area contributed by atoms with Crippen LogP contribution in [0, 0.1) is 5.92 Å². The van der Waals surface area contributed by atoms with Crippen LogP contribution in [-0.2, 0) is 4.79 Å². The SMILES string of the molecule is O=C(NNC(=O)c1n[nH]c(=O)c2ccccc12)c1cccc(NC(=O)C2CC2)c1. The molecule has 0 unspecified atom stereocenters. The summed E-state index contributed by atoms with van der Waals surface area (Å²) in [6.45, 7) is 0. The van der Waals surface area contributed by atoms with Gasteiger partial charge in [-0.3, -0.25) is 30.0 Å². The Bertz CT molecular complexity index is 1180. The number of nitrogens with zero attached hydrogens (tertiary/aromatic N) is 1. The second-order valence-corrected chi connectivity index (χ2v) is 6.70. The summed E-state index contributed by atoms with van der Waals surface area (Å²) in [5.41, 5.74) is 4.93. The van der Waals surface area contributed by atoms with Crippen LogP contribution >= 0.6 is 0 Å². The summed E-state index contributed by atoms with van der Waals surface area (Å²) in [6.07, 6.45) is 1.76. The number of H-pyrrole nitrogens is 1. The number of nitrogens with one attached hydrogen (secondary N) is 4. The highest BCUT2D eigenvalue weighted by atomic mass is 16.2. The van der Waals surface area contributed by atoms with Gasteiger partial charge in [0.05, 0.1) is 5.39 Å². The molecule has 3 amide bonds. The zero-order valence-corrected chi connectivity index (χ0v) is 15.2. The van der Waals surface area contributed by atoms with Gasteiger partial charge < -0.3 is 5.32 Å². The van der Waals surface area contributed by atoms with Gasteiger partial charge in [-0.1, -0.05) is 24.3 Å². The van der Waals surface area contributed by atoms with Crippen LogP contribution < -0.4 is 21.7 Å². The van der Waals surface area contributed by atoms with Crippen molar-refractivity contribution >= 4 is 34.2 Å². The lowest BCUT2D eigenvalue weighted by atomic mass is 10.1. The maximum Gasteiger partial charge on any atom is 0.290 e. The van der Waals surface area contributed by atoms with E-state index in [-0.39, 0.29) is 23.1 Å². The molecule has 1 aromatic heterocycles. The molecule has 9 nitrogen and oxygen atoms in total. The number of hydrazine groups is 1. The minimum absolute atomic E-state index is 0.0223. The Hall–Kier alpha value is -4.01. The summed E-state index contributed by atoms with van der Waals surface area (Å²) in [7, 11) is 0. The fourth-order valence-corrected chi connectivity index (χ4v) is 2.86. The molecule has 0 radical (unpaired) electrons. The van der Waals surface area contributed by atoms with Gasteiger partial charge in [-0.05, 0) is 37.1 Å². The van der Waals surface area contributed by atoms with E-state index in [9.17, 15) is 19.2 Å². The van der Waals surface area contributed by atoms with E-state index < -0.39 is 17.4 Å². The van der Waals surface area contributed by atoms with Gasteiger partial charge in [-0.25, -0.2) is 5.10 Å². The number of carbonyl (C=O) groups is 3. The molecule has 1 aliphatic carbocycles. The lowest BCUT2D eigenvalue weighted by Crippen LogP contribution is -2.42. The molecule has 3 aromatic rings. The van der Waals surface area contributed by atoms with Crippen LogP contribution in [0.25, 0.3) is 10.8 Å². The number of anilines is 1. The van der Waals surface area contributed by atoms with Crippen LogP contribution in [0.4, 0.5) is 5.69 Å². The van der Waals surface area contributed by atoms with E-state index in [4.69, 9.17) is 0 Å². The molecule has 0 atom stereocenters. The first-order valence-corrected chi connectivity index (χ1v) is 9.02. The zero-order chi connectivity index (χ0) is 20.4. The highest BCUT2D eigenvalue weighted by Gasteiger charge is 2.29. The van der Waals surface area contributed by atoms with Gasteiger partial charge in [0, 0.05) is 22.6 Å². The van der Waals surface area contributed by atoms with E-state index in [0.717, 1.165) is 12.8 Å². The van der Waals surface area contributed by atoms with E-state index in [1.165, 1.54) is 6.07 Å². The lowest BCUT2D eigenvalue weighted by Gasteiger charge is -2.10. The largest absolute Gasteiger partial charge is 0.326 e. The van der Waals surface area contributed by atoms with E-state index in [1.807, 2.05) is 0 Å². The van der Waals surface area contributed by atoms with E-state index in [0.29, 0.717) is 16.5 Å². The first-order valence-electron chi connectivity index (χ1n) is 9.02. The second kappa shape index (κ2) is 7.55. The standard InChI is InChI=1S/C20H17N5O4/c26-17(11-8-9-11)21-13-5-3-4-12(10-13)18(27)23-25-20(29)16-14-6-1-2-7-15(14)19(28)24-22-16/h1-7,10-11H,8-9H2,(H,21,26)(H,23,27)(H,24,28)(H,25,29). The molecule has 2 aromatic carbocycles. The molecule has 1 aliphatic rings. The van der Waals surface area contributed by atoms with Crippen molar-refractivity contribution in [1.29, 1.82) is 0 Å². The average molecular weight is 391 g/mol. The monoisotopic (exact) mass is 391 g/mol. The van der Waals surface area contributed by atoms with Crippen LogP contribution in [0.3, 0.4) is 0 Å². The highest BCUT2D eigenvalue weighted by molar-refractivity contribution is 6.06. The molecule has 4 rings (SSSR count). The highest BCUT2D eigenvalue weighted by Crippen LogP contribution is 2.30. The number of aromatic nitrogens is 2. The first-order chi connectivity index (χ1) is 14.0. The van der Waals surface area contributed by atoms with Crippen molar-refractivity contribution in [3.8, 4) is 0 Å². The van der Waals surface area contributed by atoms with E-state index in [2.05, 4.69) is 26.4 Å². The van der Waals surface area contributed by atoms with Gasteiger partial charge in [-0.15, -0.1) is 0 Å². The second-order valence-electron chi connectivity index (χ2n) is 6.70. The zero-order valence-electron chi connectivity index (χ0n) is 15.2. The van der Waals surface area contributed by atoms with E-state index >= 15 is 0 Å². The number of amides is 3. The van der Waals surface area contributed by atoms with Crippen molar-refractivity contribution in [1.82, 2.24) is 21.0 Å². The molecule has 0 saturated heterocycles. The molecular weight excluding hydrogens is 374 g/mol. The predicted molar refractivity (Wildman–Crippen MR) is 105 cm³/mol. The summed E-state index contributed by atoms with van der Waals surface area (Å²) in [4.78, 5) is 48.5. The van der Waals surface area contributed by atoms with E-state index in [1.54, 1.807) is 42.5 Å². The Morgan fingerprint density at radius 2 is 1.66 bits per heavy atom. The molecule has 0 aliphatic heterocycles. The summed E-state index contributed by atoms with van der Waals surface area (Å²) < 4.78 is 0. The Morgan fingerprint density at radius 1 is 0.931 bits per heavy atom. The topological polar surface area (TPSA) is 133 Å². The molecule has 0 bridgehead atoms. The molecule has 1 saturated carbocycles. The average Bonchev–Trinajstić information content (AvgIpc) is 3.58. The quantitative estimate of drug-likeness (QED) is 0.498. The molecule has 29 heavy (non-hydrogen) atoms. The van der Waals surface area contributed by atoms with Crippen LogP contribution in [-0.4, -0.2) is 27.9 Å². The third-order valence-electron chi connectivity index (χ3n) is 4.54. The van der Waals surface area contributed by atoms with Crippen LogP contribution in [0.2, 0.25) is 0 Å². The number of hydrogen-bond acceptors (Lipinski definition) is 5. The minimum Gasteiger partial charge on any atom is -0.326 e. The van der Waals surface area contributed by atoms with Gasteiger partial charge in [0.15, 0.2) is 5.69 Å². The molecule has 4 N–H and O–H groups in total. The summed E-state index contributed by atoms with van der Waals surface area (Å²) in [5, 5.41) is 9.49. The molecule has 9 heteroatoms. The van der Waals surface area contributed by atoms with Gasteiger partial charge in [0.2, 0.25) is 5.91 Å². The van der Waals surface area contributed by atoms with Crippen molar-refractivity contribution in [3.05, 3.63) is 70.1 Å². The normalized spacial score (nSPS) is 13.0. The van der Waals surface area contributed by atoms with Crippen molar-refractivity contribution in [3.63, 3.8) is 0 Å². The maximum absolute atomic E-state index is 12.4. The van der Waals surface area contributed by atoms with Crippen molar-refractivity contribution < 1.29 is 14.4 Å². The third kappa shape index (κ3) is 3.98. The molecule has 146 valence electrons. The maximum atomic E-state index is 12.4. The lowest BCUT2D eigenvalue weighted by molar-refractivity contribution is -0.117. The van der Waals surface area contributed by atoms with Crippen LogP contribution in [0.1, 0.15) is 33.7 Å². The smallest absolute Gasteiger partial charge is 0.290 e. The number of hydrogen-bond donors (Lipinski definition) is 4. The third-order valence-corrected chi connectivity index (χ3v) is 4.54. The Balaban J connectivity index is 1.45. The summed E-state index contributed by atoms with van der Waals surface area (Å²) in [6, 6.07) is 12.9. The van der Waals surface area contributed by atoms with Gasteiger partial charge >= 0.3 is 0 Å². The van der Waals surface area contributed by atoms with Crippen LogP contribution in [0.15, 0.2) is 53.3 Å². The molecular formula is C20H17N5O4. The number of aromatic amines is 1. The number of fused-ring (bicyclic) bond motifs is 1. The molecule has 0 spiro atoms. The van der Waals surface area contributed by atoms with Crippen molar-refractivity contribution in [2.24, 2.45) is 5.92 Å². The van der Waals surface area contributed by atoms with Crippen LogP contribution in [0.5, 0.6) is 0 Å². The van der Waals surface area contributed by atoms with Crippen molar-refractivity contribution in [2.45, 2.75) is 12.8 Å². The number of rotatable bonds is 4. The summed E-state index contributed by atoms with van der Waals surface area (Å²) in [5.74, 6) is -1.25. The molecule has 1 fully saturated rings. The fraction of sp³-hybridized carbons (Fsp3) is 0.150. The molecule has 1 heterocycles. The Labute approximate surface area is 164 Å². The Morgan fingerprint density at radius 3 is 2.41 bits per heavy atom. The first kappa shape index (κ1) is 18.4. The van der Waals surface area contributed by atoms with Gasteiger partial charge in [0.25, 0.3) is 17.4 Å². The van der Waals surface area contributed by atoms with Gasteiger partial charge in [0.1, 0.15) is 0 Å². The Kier molecular flexibility index (Phi) is 4.78. The van der Waals surface area contributed by atoms with Crippen molar-refractivity contribution in [2.75, 3.05) is 5.32 Å². The van der Waals surface area contributed by atoms with Gasteiger partial charge in [-0.2, -0.15) is 5.10 Å². The number of benzene rings is 2. The fourth-order valence-electron chi connectivity index (χ4n) is 2.86. The minimum atomic E-state index is -0.677. The predicted octanol–water partition coefficient (Wildman–Crippen LogP) is 1.35. The number of carbonyl (C=O) groups excluding carboxylic acids is 3. The summed E-state index contributed by atoms with van der Waals surface area (Å²) >= 11 is 0.